The van der Waals surface area contributed by atoms with Crippen molar-refractivity contribution in [3.8, 4) is 0 Å². The molecule has 156 valence electrons. The van der Waals surface area contributed by atoms with Crippen molar-refractivity contribution in [2.75, 3.05) is 43.4 Å². The Hall–Kier alpha value is -2.45. The summed E-state index contributed by atoms with van der Waals surface area (Å²) in [6, 6.07) is 8.36. The molecule has 30 heavy (non-hydrogen) atoms. The summed E-state index contributed by atoms with van der Waals surface area (Å²) >= 11 is 1.68. The van der Waals surface area contributed by atoms with Gasteiger partial charge in [0, 0.05) is 67.1 Å². The molecule has 2 aliphatic heterocycles. The lowest BCUT2D eigenvalue weighted by Crippen LogP contribution is -2.47. The fourth-order valence-electron chi connectivity index (χ4n) is 4.41. The molecule has 7 nitrogen and oxygen atoms in total. The summed E-state index contributed by atoms with van der Waals surface area (Å²) in [7, 11) is 0. The minimum atomic E-state index is 0.155. The maximum atomic E-state index is 12.8. The van der Waals surface area contributed by atoms with E-state index in [1.54, 1.807) is 11.8 Å². The van der Waals surface area contributed by atoms with Crippen molar-refractivity contribution in [3.63, 3.8) is 0 Å². The van der Waals surface area contributed by atoms with Crippen LogP contribution in [0.15, 0.2) is 34.2 Å². The Kier molecular flexibility index (Phi) is 5.20. The Morgan fingerprint density at radius 3 is 2.53 bits per heavy atom. The summed E-state index contributed by atoms with van der Waals surface area (Å²) in [4.78, 5) is 22.2. The van der Waals surface area contributed by atoms with Gasteiger partial charge in [0.25, 0.3) is 5.56 Å². The quantitative estimate of drug-likeness (QED) is 0.598. The van der Waals surface area contributed by atoms with Crippen LogP contribution >= 0.6 is 11.8 Å². The van der Waals surface area contributed by atoms with Gasteiger partial charge in [-0.25, -0.2) is 4.98 Å². The molecule has 0 bridgehead atoms. The molecule has 2 aliphatic rings. The number of hydrogen-bond acceptors (Lipinski definition) is 7. The predicted molar refractivity (Wildman–Crippen MR) is 121 cm³/mol. The molecular formula is C22H26N6OS. The first-order valence-corrected chi connectivity index (χ1v) is 11.5. The van der Waals surface area contributed by atoms with Crippen molar-refractivity contribution < 1.29 is 0 Å². The van der Waals surface area contributed by atoms with Crippen LogP contribution in [0.25, 0.3) is 10.8 Å². The van der Waals surface area contributed by atoms with E-state index < -0.39 is 0 Å². The highest BCUT2D eigenvalue weighted by Gasteiger charge is 2.22. The largest absolute Gasteiger partial charge is 0.352 e. The van der Waals surface area contributed by atoms with Gasteiger partial charge in [0.05, 0.1) is 5.69 Å². The Morgan fingerprint density at radius 1 is 0.967 bits per heavy atom. The van der Waals surface area contributed by atoms with E-state index in [0.29, 0.717) is 0 Å². The number of benzene rings is 1. The number of aryl methyl sites for hydroxylation is 2. The number of aromatic nitrogens is 4. The van der Waals surface area contributed by atoms with Gasteiger partial charge >= 0.3 is 0 Å². The molecule has 4 heterocycles. The van der Waals surface area contributed by atoms with E-state index in [-0.39, 0.29) is 5.56 Å². The molecule has 0 amide bonds. The molecule has 0 atom stereocenters. The molecule has 0 radical (unpaired) electrons. The molecule has 1 fully saturated rings. The fourth-order valence-corrected chi connectivity index (χ4v) is 5.40. The number of hydrogen-bond donors (Lipinski definition) is 0. The molecule has 0 saturated carbocycles. The second kappa shape index (κ2) is 8.00. The summed E-state index contributed by atoms with van der Waals surface area (Å²) in [5, 5.41) is 12.1. The van der Waals surface area contributed by atoms with Crippen LogP contribution in [0.5, 0.6) is 0 Å². The number of rotatable bonds is 4. The maximum Gasteiger partial charge on any atom is 0.257 e. The first-order chi connectivity index (χ1) is 14.6. The van der Waals surface area contributed by atoms with Crippen molar-refractivity contribution in [2.24, 2.45) is 0 Å². The van der Waals surface area contributed by atoms with Crippen LogP contribution in [0.2, 0.25) is 0 Å². The summed E-state index contributed by atoms with van der Waals surface area (Å²) in [6.45, 7) is 9.39. The molecular weight excluding hydrogens is 396 g/mol. The van der Waals surface area contributed by atoms with Gasteiger partial charge in [0.2, 0.25) is 0 Å². The van der Waals surface area contributed by atoms with Crippen LogP contribution in [-0.2, 0) is 13.0 Å². The van der Waals surface area contributed by atoms with E-state index in [2.05, 4.69) is 49.2 Å². The second-order valence-electron chi connectivity index (χ2n) is 8.00. The van der Waals surface area contributed by atoms with E-state index in [4.69, 9.17) is 0 Å². The molecule has 1 saturated heterocycles. The van der Waals surface area contributed by atoms with Gasteiger partial charge in [-0.1, -0.05) is 36.0 Å². The summed E-state index contributed by atoms with van der Waals surface area (Å²) in [6.07, 6.45) is 0.760. The predicted octanol–water partition coefficient (Wildman–Crippen LogP) is 2.27. The van der Waals surface area contributed by atoms with Crippen LogP contribution in [0, 0.1) is 13.8 Å². The number of fused-ring (bicyclic) bond motifs is 2. The zero-order valence-corrected chi connectivity index (χ0v) is 18.3. The first kappa shape index (κ1) is 19.5. The minimum Gasteiger partial charge on any atom is -0.352 e. The molecule has 2 aromatic heterocycles. The lowest BCUT2D eigenvalue weighted by molar-refractivity contribution is 0.259. The molecule has 1 aromatic carbocycles. The normalized spacial score (nSPS) is 16.9. The zero-order chi connectivity index (χ0) is 20.7. The van der Waals surface area contributed by atoms with E-state index in [9.17, 15) is 4.79 Å². The molecule has 0 N–H and O–H groups in total. The number of nitrogens with zero attached hydrogens (tertiary/aromatic N) is 6. The van der Waals surface area contributed by atoms with Crippen LogP contribution in [-0.4, -0.2) is 63.1 Å². The zero-order valence-electron chi connectivity index (χ0n) is 17.5. The third-order valence-electron chi connectivity index (χ3n) is 6.18. The molecule has 0 spiro atoms. The lowest BCUT2D eigenvalue weighted by atomic mass is 10.1. The second-order valence-corrected chi connectivity index (χ2v) is 9.06. The highest BCUT2D eigenvalue weighted by Crippen LogP contribution is 2.26. The SMILES string of the molecule is Cc1nc2n(c(=O)c1CCN1CCN(c3nnc(C)c4ccccc34)CC1)CCS2. The van der Waals surface area contributed by atoms with E-state index in [1.807, 2.05) is 18.4 Å². The molecule has 0 aliphatic carbocycles. The molecule has 3 aromatic rings. The highest BCUT2D eigenvalue weighted by atomic mass is 32.2. The number of thioether (sulfide) groups is 1. The maximum absolute atomic E-state index is 12.8. The van der Waals surface area contributed by atoms with E-state index in [1.165, 1.54) is 10.8 Å². The smallest absolute Gasteiger partial charge is 0.257 e. The van der Waals surface area contributed by atoms with Gasteiger partial charge in [-0.3, -0.25) is 14.3 Å². The molecule has 8 heteroatoms. The van der Waals surface area contributed by atoms with Crippen molar-refractivity contribution in [1.29, 1.82) is 0 Å². The van der Waals surface area contributed by atoms with E-state index in [0.717, 1.165) is 79.4 Å². The van der Waals surface area contributed by atoms with Gasteiger partial charge in [-0.2, -0.15) is 5.10 Å². The first-order valence-electron chi connectivity index (χ1n) is 10.5. The van der Waals surface area contributed by atoms with Gasteiger partial charge in [0.1, 0.15) is 0 Å². The average Bonchev–Trinajstić information content (AvgIpc) is 3.23. The number of anilines is 1. The summed E-state index contributed by atoms with van der Waals surface area (Å²) < 4.78 is 1.84. The summed E-state index contributed by atoms with van der Waals surface area (Å²) in [5.41, 5.74) is 2.89. The Morgan fingerprint density at radius 2 is 1.73 bits per heavy atom. The van der Waals surface area contributed by atoms with Crippen molar-refractivity contribution >= 4 is 28.4 Å². The van der Waals surface area contributed by atoms with Crippen LogP contribution < -0.4 is 10.5 Å². The fraction of sp³-hybridized carbons (Fsp3) is 0.455. The third kappa shape index (κ3) is 3.48. The van der Waals surface area contributed by atoms with Gasteiger partial charge < -0.3 is 4.90 Å². The van der Waals surface area contributed by atoms with Crippen molar-refractivity contribution in [3.05, 3.63) is 51.6 Å². The van der Waals surface area contributed by atoms with Crippen molar-refractivity contribution in [1.82, 2.24) is 24.6 Å². The van der Waals surface area contributed by atoms with Gasteiger partial charge in [-0.15, -0.1) is 5.10 Å². The number of piperazine rings is 1. The standard InChI is InChI=1S/C22H26N6OS/c1-15-18(21(29)28-13-14-30-22(28)23-15)7-8-26-9-11-27(12-10-26)20-19-6-4-3-5-17(19)16(2)24-25-20/h3-6H,7-14H2,1-2H3. The van der Waals surface area contributed by atoms with Gasteiger partial charge in [0.15, 0.2) is 11.0 Å². The minimum absolute atomic E-state index is 0.155. The van der Waals surface area contributed by atoms with E-state index >= 15 is 0 Å². The van der Waals surface area contributed by atoms with Gasteiger partial charge in [-0.05, 0) is 20.3 Å². The lowest BCUT2D eigenvalue weighted by Gasteiger charge is -2.35. The Balaban J connectivity index is 1.26. The average molecular weight is 423 g/mol. The third-order valence-corrected chi connectivity index (χ3v) is 7.14. The summed E-state index contributed by atoms with van der Waals surface area (Å²) in [5.74, 6) is 1.93. The Labute approximate surface area is 180 Å². The monoisotopic (exact) mass is 422 g/mol. The van der Waals surface area contributed by atoms with Crippen molar-refractivity contribution in [2.45, 2.75) is 32.0 Å². The molecule has 5 rings (SSSR count). The van der Waals surface area contributed by atoms with Crippen LogP contribution in [0.1, 0.15) is 17.0 Å². The van der Waals surface area contributed by atoms with Crippen LogP contribution in [0.3, 0.4) is 0 Å². The highest BCUT2D eigenvalue weighted by molar-refractivity contribution is 7.99. The van der Waals surface area contributed by atoms with Crippen LogP contribution in [0.4, 0.5) is 5.82 Å². The molecule has 0 unspecified atom stereocenters. The Bertz CT molecular complexity index is 1150. The topological polar surface area (TPSA) is 67.2 Å².